The van der Waals surface area contributed by atoms with E-state index in [0.717, 1.165) is 11.4 Å². The van der Waals surface area contributed by atoms with Gasteiger partial charge in [-0.3, -0.25) is 20.6 Å². The number of nitrogen functional groups attached to an aromatic ring is 1. The Hall–Kier alpha value is -3.88. The van der Waals surface area contributed by atoms with E-state index < -0.39 is 0 Å². The summed E-state index contributed by atoms with van der Waals surface area (Å²) in [4.78, 5) is 24.1. The van der Waals surface area contributed by atoms with E-state index >= 15 is 0 Å². The van der Waals surface area contributed by atoms with Gasteiger partial charge in [0.25, 0.3) is 5.91 Å². The zero-order valence-corrected chi connectivity index (χ0v) is 14.6. The fourth-order valence-corrected chi connectivity index (χ4v) is 2.22. The van der Waals surface area contributed by atoms with Crippen LogP contribution >= 0.6 is 0 Å². The van der Waals surface area contributed by atoms with Gasteiger partial charge in [0.15, 0.2) is 11.6 Å². The average molecular weight is 365 g/mol. The van der Waals surface area contributed by atoms with E-state index in [2.05, 4.69) is 31.1 Å². The Bertz CT molecular complexity index is 901. The third kappa shape index (κ3) is 4.60. The Kier molecular flexibility index (Phi) is 5.63. The second-order valence-electron chi connectivity index (χ2n) is 5.38. The van der Waals surface area contributed by atoms with Crippen molar-refractivity contribution in [1.82, 2.24) is 20.4 Å². The Balaban J connectivity index is 1.67. The fraction of sp³-hybridized carbons (Fsp3) is 0.111. The fourth-order valence-electron chi connectivity index (χ4n) is 2.22. The number of nitrogens with one attached hydrogen (secondary N) is 3. The molecule has 9 heteroatoms. The number of nitrogens with two attached hydrogens (primary N) is 1. The first-order chi connectivity index (χ1) is 13.2. The number of rotatable bonds is 7. The average Bonchev–Trinajstić information content (AvgIpc) is 2.71. The predicted molar refractivity (Wildman–Crippen MR) is 103 cm³/mol. The number of aromatic nitrogens is 3. The van der Waals surface area contributed by atoms with Crippen LogP contribution in [0.2, 0.25) is 0 Å². The highest BCUT2D eigenvalue weighted by Gasteiger charge is 2.10. The van der Waals surface area contributed by atoms with Gasteiger partial charge in [0, 0.05) is 23.6 Å². The van der Waals surface area contributed by atoms with E-state index in [0.29, 0.717) is 18.0 Å². The highest BCUT2D eigenvalue weighted by Crippen LogP contribution is 2.26. The molecule has 138 valence electrons. The number of pyridine rings is 1. The van der Waals surface area contributed by atoms with Crippen LogP contribution in [0.3, 0.4) is 0 Å². The Morgan fingerprint density at radius 2 is 1.78 bits per heavy atom. The summed E-state index contributed by atoms with van der Waals surface area (Å²) in [6.07, 6.45) is 4.41. The van der Waals surface area contributed by atoms with E-state index in [1.807, 2.05) is 31.2 Å². The summed E-state index contributed by atoms with van der Waals surface area (Å²) in [6.45, 7) is 2.53. The molecule has 0 saturated carbocycles. The summed E-state index contributed by atoms with van der Waals surface area (Å²) in [5.74, 6) is 1.13. The number of nitrogens with zero attached hydrogens (tertiary/aromatic N) is 3. The lowest BCUT2D eigenvalue weighted by Crippen LogP contribution is -2.30. The van der Waals surface area contributed by atoms with Gasteiger partial charge in [-0.1, -0.05) is 0 Å². The minimum atomic E-state index is -0.337. The molecule has 0 bridgehead atoms. The number of hydrogen-bond acceptors (Lipinski definition) is 8. The molecule has 0 aliphatic heterocycles. The monoisotopic (exact) mass is 365 g/mol. The molecular formula is C18H19N7O2. The molecule has 27 heavy (non-hydrogen) atoms. The first-order valence-electron chi connectivity index (χ1n) is 8.24. The zero-order valence-electron chi connectivity index (χ0n) is 14.6. The molecule has 0 radical (unpaired) electrons. The van der Waals surface area contributed by atoms with Crippen LogP contribution in [0.25, 0.3) is 0 Å². The molecule has 3 rings (SSSR count). The third-order valence-electron chi connectivity index (χ3n) is 3.55. The van der Waals surface area contributed by atoms with Crippen molar-refractivity contribution in [1.29, 1.82) is 0 Å². The molecule has 0 saturated heterocycles. The van der Waals surface area contributed by atoms with Gasteiger partial charge < -0.3 is 15.8 Å². The van der Waals surface area contributed by atoms with Gasteiger partial charge in [-0.15, -0.1) is 0 Å². The van der Waals surface area contributed by atoms with Crippen molar-refractivity contribution >= 4 is 28.9 Å². The Morgan fingerprint density at radius 3 is 2.48 bits per heavy atom. The van der Waals surface area contributed by atoms with Crippen LogP contribution < -0.4 is 26.6 Å². The van der Waals surface area contributed by atoms with E-state index in [1.165, 1.54) is 18.7 Å². The molecule has 0 spiro atoms. The van der Waals surface area contributed by atoms with Gasteiger partial charge in [0.2, 0.25) is 0 Å². The molecule has 5 N–H and O–H groups in total. The molecule has 1 aromatic carbocycles. The minimum Gasteiger partial charge on any atom is -0.494 e. The van der Waals surface area contributed by atoms with E-state index in [9.17, 15) is 4.79 Å². The molecule has 1 amide bonds. The molecule has 0 fully saturated rings. The highest BCUT2D eigenvalue weighted by atomic mass is 16.5. The molecule has 0 atom stereocenters. The topological polar surface area (TPSA) is 127 Å². The van der Waals surface area contributed by atoms with Crippen LogP contribution in [-0.4, -0.2) is 27.5 Å². The minimum absolute atomic E-state index is 0.265. The van der Waals surface area contributed by atoms with Gasteiger partial charge in [0.05, 0.1) is 6.61 Å². The maximum absolute atomic E-state index is 12.1. The highest BCUT2D eigenvalue weighted by molar-refractivity contribution is 5.95. The molecule has 9 nitrogen and oxygen atoms in total. The molecule has 0 aliphatic carbocycles. The van der Waals surface area contributed by atoms with Gasteiger partial charge in [-0.05, 0) is 43.3 Å². The number of benzene rings is 1. The molecular weight excluding hydrogens is 346 g/mol. The molecule has 0 unspecified atom stereocenters. The summed E-state index contributed by atoms with van der Waals surface area (Å²) in [7, 11) is 0. The van der Waals surface area contributed by atoms with Crippen molar-refractivity contribution in [3.63, 3.8) is 0 Å². The van der Waals surface area contributed by atoms with E-state index in [4.69, 9.17) is 10.5 Å². The summed E-state index contributed by atoms with van der Waals surface area (Å²) >= 11 is 0. The maximum atomic E-state index is 12.1. The largest absolute Gasteiger partial charge is 0.494 e. The quantitative estimate of drug-likeness (QED) is 0.470. The summed E-state index contributed by atoms with van der Waals surface area (Å²) in [5, 5.41) is 3.11. The summed E-state index contributed by atoms with van der Waals surface area (Å²) < 4.78 is 5.41. The number of hydrogen-bond donors (Lipinski definition) is 4. The van der Waals surface area contributed by atoms with Crippen molar-refractivity contribution < 1.29 is 9.53 Å². The lowest BCUT2D eigenvalue weighted by Gasteiger charge is -2.13. The van der Waals surface area contributed by atoms with Crippen molar-refractivity contribution in [2.75, 3.05) is 23.1 Å². The SMILES string of the molecule is CCOc1ccc(Nc2ncnc(NNC(=O)c3ccncc3)c2N)cc1. The smallest absolute Gasteiger partial charge is 0.269 e. The van der Waals surface area contributed by atoms with Crippen LogP contribution in [0.4, 0.5) is 23.0 Å². The first kappa shape index (κ1) is 17.9. The normalized spacial score (nSPS) is 10.1. The molecule has 2 aromatic heterocycles. The number of ether oxygens (including phenoxy) is 1. The lowest BCUT2D eigenvalue weighted by molar-refractivity contribution is 0.0962. The maximum Gasteiger partial charge on any atom is 0.269 e. The van der Waals surface area contributed by atoms with Crippen molar-refractivity contribution in [3.05, 3.63) is 60.7 Å². The van der Waals surface area contributed by atoms with Crippen molar-refractivity contribution in [2.45, 2.75) is 6.92 Å². The van der Waals surface area contributed by atoms with Crippen LogP contribution in [0.15, 0.2) is 55.1 Å². The van der Waals surface area contributed by atoms with Crippen LogP contribution in [0.1, 0.15) is 17.3 Å². The number of hydrazine groups is 1. The zero-order chi connectivity index (χ0) is 19.1. The Morgan fingerprint density at radius 1 is 1.07 bits per heavy atom. The number of amides is 1. The van der Waals surface area contributed by atoms with Gasteiger partial charge >= 0.3 is 0 Å². The number of carbonyl (C=O) groups excluding carboxylic acids is 1. The van der Waals surface area contributed by atoms with Gasteiger partial charge in [-0.2, -0.15) is 0 Å². The summed E-state index contributed by atoms with van der Waals surface area (Å²) in [5.41, 5.74) is 12.9. The van der Waals surface area contributed by atoms with Gasteiger partial charge in [0.1, 0.15) is 17.8 Å². The standard InChI is InChI=1S/C18H19N7O2/c1-2-27-14-5-3-13(4-6-14)23-16-15(19)17(22-11-21-16)24-25-18(26)12-7-9-20-10-8-12/h3-11H,2,19H2,1H3,(H,25,26)(H2,21,22,23,24). The predicted octanol–water partition coefficient (Wildman–Crippen LogP) is 2.35. The Labute approximate surface area is 156 Å². The van der Waals surface area contributed by atoms with Crippen molar-refractivity contribution in [2.24, 2.45) is 0 Å². The second-order valence-corrected chi connectivity index (χ2v) is 5.38. The first-order valence-corrected chi connectivity index (χ1v) is 8.24. The van der Waals surface area contributed by atoms with Crippen LogP contribution in [0.5, 0.6) is 5.75 Å². The van der Waals surface area contributed by atoms with Crippen molar-refractivity contribution in [3.8, 4) is 5.75 Å². The molecule has 2 heterocycles. The van der Waals surface area contributed by atoms with E-state index in [1.54, 1.807) is 12.1 Å². The summed E-state index contributed by atoms with van der Waals surface area (Å²) in [6, 6.07) is 10.6. The van der Waals surface area contributed by atoms with Crippen LogP contribution in [-0.2, 0) is 0 Å². The second kappa shape index (κ2) is 8.48. The third-order valence-corrected chi connectivity index (χ3v) is 3.55. The lowest BCUT2D eigenvalue weighted by atomic mass is 10.2. The number of carbonyl (C=O) groups is 1. The number of anilines is 4. The molecule has 0 aliphatic rings. The van der Waals surface area contributed by atoms with E-state index in [-0.39, 0.29) is 17.4 Å². The molecule has 3 aromatic rings. The van der Waals surface area contributed by atoms with Gasteiger partial charge in [-0.25, -0.2) is 9.97 Å². The van der Waals surface area contributed by atoms with Crippen LogP contribution in [0, 0.1) is 0 Å².